The summed E-state index contributed by atoms with van der Waals surface area (Å²) in [4.78, 5) is 18.2. The van der Waals surface area contributed by atoms with Crippen LogP contribution in [0.3, 0.4) is 0 Å². The number of hydrogen-bond acceptors (Lipinski definition) is 7. The summed E-state index contributed by atoms with van der Waals surface area (Å²) < 4.78 is 0. The number of anilines is 3. The molecule has 1 aliphatic heterocycles. The first-order valence-corrected chi connectivity index (χ1v) is 8.51. The summed E-state index contributed by atoms with van der Waals surface area (Å²) in [5.41, 5.74) is 0. The zero-order valence-electron chi connectivity index (χ0n) is 12.6. The molecule has 6 nitrogen and oxygen atoms in total. The van der Waals surface area contributed by atoms with Crippen molar-refractivity contribution in [3.05, 3.63) is 0 Å². The number of nitrogens with one attached hydrogen (secondary N) is 1. The molecule has 0 atom stereocenters. The number of aromatic nitrogens is 3. The molecular formula is C13H24N6S. The minimum Gasteiger partial charge on any atom is -0.354 e. The van der Waals surface area contributed by atoms with Gasteiger partial charge in [-0.05, 0) is 20.8 Å². The number of thioether (sulfide) groups is 1. The van der Waals surface area contributed by atoms with Gasteiger partial charge >= 0.3 is 0 Å². The SMILES string of the molecule is CCNc1nc(N(CC)CC)nc(N2CCSCC2)n1. The van der Waals surface area contributed by atoms with Crippen LogP contribution in [0.5, 0.6) is 0 Å². The maximum absolute atomic E-state index is 4.66. The largest absolute Gasteiger partial charge is 0.354 e. The first-order valence-electron chi connectivity index (χ1n) is 7.36. The lowest BCUT2D eigenvalue weighted by atomic mass is 10.5. The molecule has 0 amide bonds. The third-order valence-electron chi connectivity index (χ3n) is 3.29. The van der Waals surface area contributed by atoms with Gasteiger partial charge < -0.3 is 15.1 Å². The van der Waals surface area contributed by atoms with Crippen LogP contribution in [-0.4, -0.2) is 59.2 Å². The Morgan fingerprint density at radius 2 is 1.80 bits per heavy atom. The van der Waals surface area contributed by atoms with Gasteiger partial charge in [0, 0.05) is 44.2 Å². The molecule has 0 spiro atoms. The Labute approximate surface area is 125 Å². The van der Waals surface area contributed by atoms with Gasteiger partial charge in [-0.1, -0.05) is 0 Å². The second-order valence-corrected chi connectivity index (χ2v) is 5.79. The molecule has 0 unspecified atom stereocenters. The van der Waals surface area contributed by atoms with E-state index in [4.69, 9.17) is 0 Å². The molecule has 20 heavy (non-hydrogen) atoms. The van der Waals surface area contributed by atoms with E-state index in [9.17, 15) is 0 Å². The molecule has 2 rings (SSSR count). The van der Waals surface area contributed by atoms with Crippen molar-refractivity contribution in [1.29, 1.82) is 0 Å². The van der Waals surface area contributed by atoms with Gasteiger partial charge in [0.05, 0.1) is 0 Å². The quantitative estimate of drug-likeness (QED) is 0.857. The van der Waals surface area contributed by atoms with E-state index in [1.165, 1.54) is 0 Å². The molecule has 0 aliphatic carbocycles. The Morgan fingerprint density at radius 1 is 1.10 bits per heavy atom. The minimum absolute atomic E-state index is 0.678. The highest BCUT2D eigenvalue weighted by Crippen LogP contribution is 2.19. The first kappa shape index (κ1) is 15.2. The van der Waals surface area contributed by atoms with Crippen molar-refractivity contribution in [3.8, 4) is 0 Å². The van der Waals surface area contributed by atoms with E-state index < -0.39 is 0 Å². The molecule has 0 saturated carbocycles. The fraction of sp³-hybridized carbons (Fsp3) is 0.769. The lowest BCUT2D eigenvalue weighted by Crippen LogP contribution is -2.35. The molecule has 1 aromatic heterocycles. The van der Waals surface area contributed by atoms with Gasteiger partial charge in [-0.25, -0.2) is 0 Å². The first-order chi connectivity index (χ1) is 9.78. The van der Waals surface area contributed by atoms with Crippen LogP contribution in [0.25, 0.3) is 0 Å². The van der Waals surface area contributed by atoms with Crippen LogP contribution < -0.4 is 15.1 Å². The Balaban J connectivity index is 2.29. The van der Waals surface area contributed by atoms with E-state index in [1.807, 2.05) is 11.8 Å². The molecular weight excluding hydrogens is 272 g/mol. The van der Waals surface area contributed by atoms with Crippen LogP contribution in [0.15, 0.2) is 0 Å². The highest BCUT2D eigenvalue weighted by Gasteiger charge is 2.17. The van der Waals surface area contributed by atoms with E-state index in [2.05, 4.69) is 50.8 Å². The Morgan fingerprint density at radius 3 is 2.40 bits per heavy atom. The van der Waals surface area contributed by atoms with Gasteiger partial charge in [0.15, 0.2) is 0 Å². The predicted octanol–water partition coefficient (Wildman–Crippen LogP) is 1.70. The van der Waals surface area contributed by atoms with E-state index in [1.54, 1.807) is 0 Å². The highest BCUT2D eigenvalue weighted by atomic mass is 32.2. The predicted molar refractivity (Wildman–Crippen MR) is 87.1 cm³/mol. The summed E-state index contributed by atoms with van der Waals surface area (Å²) in [6, 6.07) is 0. The Bertz CT molecular complexity index is 417. The summed E-state index contributed by atoms with van der Waals surface area (Å²) in [5.74, 6) is 4.54. The van der Waals surface area contributed by atoms with Crippen LogP contribution in [0.4, 0.5) is 17.8 Å². The standard InChI is InChI=1S/C13H24N6S/c1-4-14-11-15-12(18(5-2)6-3)17-13(16-11)19-7-9-20-10-8-19/h4-10H2,1-3H3,(H,14,15,16,17). The number of nitrogens with zero attached hydrogens (tertiary/aromatic N) is 5. The normalized spacial score (nSPS) is 15.2. The molecule has 1 N–H and O–H groups in total. The topological polar surface area (TPSA) is 57.2 Å². The van der Waals surface area contributed by atoms with Crippen LogP contribution in [0, 0.1) is 0 Å². The molecule has 1 aromatic rings. The van der Waals surface area contributed by atoms with Gasteiger partial charge in [0.2, 0.25) is 17.8 Å². The molecule has 2 heterocycles. The van der Waals surface area contributed by atoms with Crippen LogP contribution >= 0.6 is 11.8 Å². The monoisotopic (exact) mass is 296 g/mol. The van der Waals surface area contributed by atoms with Crippen molar-refractivity contribution < 1.29 is 0 Å². The number of rotatable bonds is 6. The summed E-state index contributed by atoms with van der Waals surface area (Å²) in [6.45, 7) is 10.9. The molecule has 0 aromatic carbocycles. The third-order valence-corrected chi connectivity index (χ3v) is 4.23. The van der Waals surface area contributed by atoms with Crippen molar-refractivity contribution in [3.63, 3.8) is 0 Å². The number of hydrogen-bond donors (Lipinski definition) is 1. The lowest BCUT2D eigenvalue weighted by molar-refractivity contribution is 0.775. The molecule has 112 valence electrons. The Kier molecular flexibility index (Phi) is 5.70. The second kappa shape index (κ2) is 7.52. The highest BCUT2D eigenvalue weighted by molar-refractivity contribution is 7.99. The summed E-state index contributed by atoms with van der Waals surface area (Å²) in [6.07, 6.45) is 0. The fourth-order valence-corrected chi connectivity index (χ4v) is 3.05. The molecule has 1 fully saturated rings. The molecule has 7 heteroatoms. The van der Waals surface area contributed by atoms with E-state index >= 15 is 0 Å². The van der Waals surface area contributed by atoms with E-state index in [0.717, 1.165) is 56.1 Å². The molecule has 0 bridgehead atoms. The van der Waals surface area contributed by atoms with Crippen molar-refractivity contribution in [2.75, 3.05) is 59.3 Å². The van der Waals surface area contributed by atoms with E-state index in [0.29, 0.717) is 5.95 Å². The third kappa shape index (κ3) is 3.65. The van der Waals surface area contributed by atoms with Crippen LogP contribution in [0.1, 0.15) is 20.8 Å². The van der Waals surface area contributed by atoms with Crippen molar-refractivity contribution in [2.45, 2.75) is 20.8 Å². The maximum atomic E-state index is 4.66. The van der Waals surface area contributed by atoms with Crippen molar-refractivity contribution in [1.82, 2.24) is 15.0 Å². The summed E-state index contributed by atoms with van der Waals surface area (Å²) >= 11 is 1.99. The van der Waals surface area contributed by atoms with E-state index in [-0.39, 0.29) is 0 Å². The van der Waals surface area contributed by atoms with Crippen molar-refractivity contribution >= 4 is 29.6 Å². The van der Waals surface area contributed by atoms with Gasteiger partial charge in [-0.3, -0.25) is 0 Å². The van der Waals surface area contributed by atoms with Crippen LogP contribution in [0.2, 0.25) is 0 Å². The second-order valence-electron chi connectivity index (χ2n) is 4.56. The van der Waals surface area contributed by atoms with Gasteiger partial charge in [-0.2, -0.15) is 26.7 Å². The van der Waals surface area contributed by atoms with Crippen LogP contribution in [-0.2, 0) is 0 Å². The molecule has 1 saturated heterocycles. The van der Waals surface area contributed by atoms with Crippen molar-refractivity contribution in [2.24, 2.45) is 0 Å². The average Bonchev–Trinajstić information content (AvgIpc) is 2.50. The van der Waals surface area contributed by atoms with Gasteiger partial charge in [-0.15, -0.1) is 0 Å². The molecule has 0 radical (unpaired) electrons. The van der Waals surface area contributed by atoms with Gasteiger partial charge in [0.1, 0.15) is 0 Å². The summed E-state index contributed by atoms with van der Waals surface area (Å²) in [7, 11) is 0. The maximum Gasteiger partial charge on any atom is 0.232 e. The van der Waals surface area contributed by atoms with Gasteiger partial charge in [0.25, 0.3) is 0 Å². The molecule has 1 aliphatic rings. The fourth-order valence-electron chi connectivity index (χ4n) is 2.14. The minimum atomic E-state index is 0.678. The average molecular weight is 296 g/mol. The smallest absolute Gasteiger partial charge is 0.232 e. The zero-order valence-corrected chi connectivity index (χ0v) is 13.4. The summed E-state index contributed by atoms with van der Waals surface area (Å²) in [5, 5.41) is 3.21. The zero-order chi connectivity index (χ0) is 14.4. The lowest BCUT2D eigenvalue weighted by Gasteiger charge is -2.28. The Hall–Kier alpha value is -1.24.